The molecule has 0 saturated carbocycles. The van der Waals surface area contributed by atoms with Crippen molar-refractivity contribution in [3.05, 3.63) is 47.7 Å². The number of benzene rings is 1. The highest BCUT2D eigenvalue weighted by molar-refractivity contribution is 8.00. The predicted octanol–water partition coefficient (Wildman–Crippen LogP) is 3.23. The van der Waals surface area contributed by atoms with Crippen LogP contribution in [0.3, 0.4) is 0 Å². The maximum atomic E-state index is 12.4. The second kappa shape index (κ2) is 8.94. The number of aromatic nitrogens is 4. The van der Waals surface area contributed by atoms with Gasteiger partial charge in [-0.25, -0.2) is 9.66 Å². The van der Waals surface area contributed by atoms with Crippen LogP contribution in [0.15, 0.2) is 47.8 Å². The molecule has 3 N–H and O–H groups in total. The van der Waals surface area contributed by atoms with Gasteiger partial charge in [0.2, 0.25) is 11.1 Å². The molecule has 2 heterocycles. The summed E-state index contributed by atoms with van der Waals surface area (Å²) in [5.74, 6) is 7.15. The average Bonchev–Trinajstić information content (AvgIpc) is 3.05. The van der Waals surface area contributed by atoms with Crippen LogP contribution in [0.2, 0.25) is 5.15 Å². The van der Waals surface area contributed by atoms with Gasteiger partial charge in [0.05, 0.1) is 17.5 Å². The molecule has 0 aliphatic carbocycles. The molecule has 0 fully saturated rings. The summed E-state index contributed by atoms with van der Waals surface area (Å²) >= 11 is 7.17. The van der Waals surface area contributed by atoms with E-state index in [-0.39, 0.29) is 11.1 Å². The van der Waals surface area contributed by atoms with Crippen molar-refractivity contribution in [1.82, 2.24) is 19.9 Å². The van der Waals surface area contributed by atoms with E-state index in [2.05, 4.69) is 20.5 Å². The fourth-order valence-electron chi connectivity index (χ4n) is 2.35. The van der Waals surface area contributed by atoms with E-state index in [0.29, 0.717) is 23.3 Å². The number of anilines is 1. The van der Waals surface area contributed by atoms with Crippen molar-refractivity contribution in [3.63, 3.8) is 0 Å². The van der Waals surface area contributed by atoms with Crippen molar-refractivity contribution in [1.29, 1.82) is 0 Å². The zero-order valence-corrected chi connectivity index (χ0v) is 16.9. The summed E-state index contributed by atoms with van der Waals surface area (Å²) in [7, 11) is 0. The van der Waals surface area contributed by atoms with Gasteiger partial charge in [-0.1, -0.05) is 23.4 Å². The second-order valence-corrected chi connectivity index (χ2v) is 7.39. The Kier molecular flexibility index (Phi) is 6.37. The zero-order valence-electron chi connectivity index (χ0n) is 15.3. The summed E-state index contributed by atoms with van der Waals surface area (Å²) in [5.41, 5.74) is 1.25. The van der Waals surface area contributed by atoms with E-state index in [1.807, 2.05) is 31.2 Å². The largest absolute Gasteiger partial charge is 0.494 e. The fourth-order valence-corrected chi connectivity index (χ4v) is 3.28. The van der Waals surface area contributed by atoms with Gasteiger partial charge < -0.3 is 15.9 Å². The maximum Gasteiger partial charge on any atom is 0.237 e. The van der Waals surface area contributed by atoms with E-state index in [9.17, 15) is 4.79 Å². The number of nitrogens with zero attached hydrogens (tertiary/aromatic N) is 4. The lowest BCUT2D eigenvalue weighted by Crippen LogP contribution is -2.24. The van der Waals surface area contributed by atoms with Crippen molar-refractivity contribution in [2.24, 2.45) is 0 Å². The Hall–Kier alpha value is -2.78. The van der Waals surface area contributed by atoms with E-state index in [0.717, 1.165) is 11.3 Å². The fraction of sp³-hybridized carbons (Fsp3) is 0.222. The van der Waals surface area contributed by atoms with Gasteiger partial charge in [-0.3, -0.25) is 4.79 Å². The summed E-state index contributed by atoms with van der Waals surface area (Å²) in [6.45, 7) is 4.26. The lowest BCUT2D eigenvalue weighted by atomic mass is 10.2. The number of nitrogen functional groups attached to an aromatic ring is 1. The SMILES string of the molecule is CCOc1ccc(-c2nnc(S[C@@H](C)C(=O)Nc3cccnc3Cl)n2N)cc1. The lowest BCUT2D eigenvalue weighted by Gasteiger charge is -2.12. The number of hydrogen-bond acceptors (Lipinski definition) is 7. The number of carbonyl (C=O) groups excluding carboxylic acids is 1. The third-order valence-electron chi connectivity index (χ3n) is 3.76. The second-order valence-electron chi connectivity index (χ2n) is 5.72. The van der Waals surface area contributed by atoms with E-state index in [1.165, 1.54) is 16.4 Å². The summed E-state index contributed by atoms with van der Waals surface area (Å²) in [6, 6.07) is 10.8. The molecule has 3 rings (SSSR count). The van der Waals surface area contributed by atoms with Crippen molar-refractivity contribution < 1.29 is 9.53 Å². The normalized spacial score (nSPS) is 11.8. The summed E-state index contributed by atoms with van der Waals surface area (Å²) in [6.07, 6.45) is 1.55. The van der Waals surface area contributed by atoms with Crippen molar-refractivity contribution in [3.8, 4) is 17.1 Å². The molecule has 0 aliphatic rings. The number of nitrogens with one attached hydrogen (secondary N) is 1. The molecule has 2 aromatic heterocycles. The molecule has 8 nitrogen and oxygen atoms in total. The van der Waals surface area contributed by atoms with E-state index >= 15 is 0 Å². The quantitative estimate of drug-likeness (QED) is 0.344. The van der Waals surface area contributed by atoms with Gasteiger partial charge in [-0.05, 0) is 50.2 Å². The lowest BCUT2D eigenvalue weighted by molar-refractivity contribution is -0.115. The van der Waals surface area contributed by atoms with Crippen LogP contribution in [0.1, 0.15) is 13.8 Å². The predicted molar refractivity (Wildman–Crippen MR) is 110 cm³/mol. The molecule has 3 aromatic rings. The first-order valence-corrected chi connectivity index (χ1v) is 9.77. The minimum Gasteiger partial charge on any atom is -0.494 e. The van der Waals surface area contributed by atoms with Crippen LogP contribution in [0.5, 0.6) is 5.75 Å². The molecular formula is C18H19ClN6O2S. The topological polar surface area (TPSA) is 108 Å². The van der Waals surface area contributed by atoms with E-state index in [1.54, 1.807) is 25.3 Å². The minimum absolute atomic E-state index is 0.229. The molecule has 1 aromatic carbocycles. The highest BCUT2D eigenvalue weighted by Crippen LogP contribution is 2.27. The summed E-state index contributed by atoms with van der Waals surface area (Å²) in [5, 5.41) is 11.1. The monoisotopic (exact) mass is 418 g/mol. The Balaban J connectivity index is 1.69. The Morgan fingerprint density at radius 2 is 2.07 bits per heavy atom. The highest BCUT2D eigenvalue weighted by Gasteiger charge is 2.20. The molecule has 0 aliphatic heterocycles. The standard InChI is InChI=1S/C18H19ClN6O2S/c1-3-27-13-8-6-12(7-9-13)16-23-24-18(25(16)20)28-11(2)17(26)22-14-5-4-10-21-15(14)19/h4-11H,3,20H2,1-2H3,(H,22,26)/t11-/m0/s1. The number of pyridine rings is 1. The van der Waals surface area contributed by atoms with Gasteiger partial charge in [-0.15, -0.1) is 10.2 Å². The third-order valence-corrected chi connectivity index (χ3v) is 5.11. The van der Waals surface area contributed by atoms with Crippen LogP contribution in [0.25, 0.3) is 11.4 Å². The molecule has 1 amide bonds. The smallest absolute Gasteiger partial charge is 0.237 e. The Labute approximate surface area is 171 Å². The molecule has 0 saturated heterocycles. The molecule has 1 atom stereocenters. The first-order chi connectivity index (χ1) is 13.5. The first kappa shape index (κ1) is 20.0. The summed E-state index contributed by atoms with van der Waals surface area (Å²) in [4.78, 5) is 16.4. The molecular weight excluding hydrogens is 400 g/mol. The molecule has 0 unspecified atom stereocenters. The number of amides is 1. The molecule has 10 heteroatoms. The van der Waals surface area contributed by atoms with Crippen molar-refractivity contribution >= 4 is 35.0 Å². The Morgan fingerprint density at radius 1 is 1.32 bits per heavy atom. The van der Waals surface area contributed by atoms with E-state index < -0.39 is 5.25 Å². The van der Waals surface area contributed by atoms with Crippen LogP contribution in [-0.4, -0.2) is 37.6 Å². The number of nitrogens with two attached hydrogens (primary N) is 1. The van der Waals surface area contributed by atoms with Gasteiger partial charge in [0.15, 0.2) is 11.0 Å². The van der Waals surface area contributed by atoms with Gasteiger partial charge >= 0.3 is 0 Å². The highest BCUT2D eigenvalue weighted by atomic mass is 35.5. The van der Waals surface area contributed by atoms with E-state index in [4.69, 9.17) is 22.2 Å². The molecule has 0 spiro atoms. The number of thioether (sulfide) groups is 1. The number of ether oxygens (including phenoxy) is 1. The zero-order chi connectivity index (χ0) is 20.1. The van der Waals surface area contributed by atoms with Crippen LogP contribution < -0.4 is 15.9 Å². The molecule has 28 heavy (non-hydrogen) atoms. The van der Waals surface area contributed by atoms with Crippen LogP contribution in [0, 0.1) is 0 Å². The Morgan fingerprint density at radius 3 is 2.75 bits per heavy atom. The number of halogens is 1. The van der Waals surface area contributed by atoms with Crippen molar-refractivity contribution in [2.45, 2.75) is 24.3 Å². The molecule has 0 radical (unpaired) electrons. The number of carbonyl (C=O) groups is 1. The van der Waals surface area contributed by atoms with Gasteiger partial charge in [-0.2, -0.15) is 0 Å². The van der Waals surface area contributed by atoms with Gasteiger partial charge in [0, 0.05) is 11.8 Å². The minimum atomic E-state index is -0.476. The van der Waals surface area contributed by atoms with Gasteiger partial charge in [0.1, 0.15) is 5.75 Å². The Bertz CT molecular complexity index is 963. The van der Waals surface area contributed by atoms with Crippen molar-refractivity contribution in [2.75, 3.05) is 17.8 Å². The van der Waals surface area contributed by atoms with Crippen LogP contribution in [0.4, 0.5) is 5.69 Å². The average molecular weight is 419 g/mol. The summed E-state index contributed by atoms with van der Waals surface area (Å²) < 4.78 is 6.79. The molecule has 0 bridgehead atoms. The maximum absolute atomic E-state index is 12.4. The number of rotatable bonds is 7. The van der Waals surface area contributed by atoms with Crippen LogP contribution >= 0.6 is 23.4 Å². The van der Waals surface area contributed by atoms with Crippen LogP contribution in [-0.2, 0) is 4.79 Å². The number of hydrogen-bond donors (Lipinski definition) is 2. The van der Waals surface area contributed by atoms with Gasteiger partial charge in [0.25, 0.3) is 0 Å². The first-order valence-electron chi connectivity index (χ1n) is 8.51. The molecule has 146 valence electrons. The third kappa shape index (κ3) is 4.55.